The lowest BCUT2D eigenvalue weighted by Gasteiger charge is -2.18. The summed E-state index contributed by atoms with van der Waals surface area (Å²) in [5.41, 5.74) is 0. The summed E-state index contributed by atoms with van der Waals surface area (Å²) in [6.45, 7) is 9.84. The van der Waals surface area contributed by atoms with Gasteiger partial charge in [0.1, 0.15) is 0 Å². The van der Waals surface area contributed by atoms with Crippen LogP contribution in [0, 0.1) is 5.92 Å². The maximum Gasteiger partial charge on any atom is 0.191 e. The second-order valence-corrected chi connectivity index (χ2v) is 6.18. The van der Waals surface area contributed by atoms with Gasteiger partial charge in [-0.2, -0.15) is 0 Å². The summed E-state index contributed by atoms with van der Waals surface area (Å²) < 4.78 is 10.4. The predicted molar refractivity (Wildman–Crippen MR) is 94.6 cm³/mol. The molecule has 0 aromatic heterocycles. The molecule has 0 aromatic carbocycles. The van der Waals surface area contributed by atoms with Gasteiger partial charge in [0, 0.05) is 33.4 Å². The zero-order chi connectivity index (χ0) is 16.6. The largest absolute Gasteiger partial charge is 0.382 e. The third kappa shape index (κ3) is 14.1. The molecular weight excluding hydrogens is 278 g/mol. The fourth-order valence-corrected chi connectivity index (χ4v) is 2.11. The van der Waals surface area contributed by atoms with Crippen LogP contribution in [0.1, 0.15) is 52.9 Å². The van der Waals surface area contributed by atoms with Crippen molar-refractivity contribution in [2.45, 2.75) is 58.9 Å². The van der Waals surface area contributed by atoms with Gasteiger partial charge in [0.15, 0.2) is 5.96 Å². The summed E-state index contributed by atoms with van der Waals surface area (Å²) in [6.07, 6.45) is 5.88. The van der Waals surface area contributed by atoms with Gasteiger partial charge in [-0.05, 0) is 32.1 Å². The molecule has 0 aliphatic carbocycles. The fraction of sp³-hybridized carbons (Fsp3) is 0.941. The molecule has 0 aliphatic heterocycles. The van der Waals surface area contributed by atoms with Crippen LogP contribution in [-0.4, -0.2) is 52.5 Å². The molecule has 0 aliphatic rings. The van der Waals surface area contributed by atoms with E-state index >= 15 is 0 Å². The molecule has 22 heavy (non-hydrogen) atoms. The molecule has 0 aromatic rings. The van der Waals surface area contributed by atoms with Gasteiger partial charge in [-0.3, -0.25) is 4.99 Å². The van der Waals surface area contributed by atoms with Crippen LogP contribution in [0.5, 0.6) is 0 Å². The Kier molecular flexibility index (Phi) is 14.5. The van der Waals surface area contributed by atoms with Crippen molar-refractivity contribution in [1.82, 2.24) is 10.6 Å². The van der Waals surface area contributed by atoms with Crippen molar-refractivity contribution < 1.29 is 9.47 Å². The van der Waals surface area contributed by atoms with E-state index in [0.717, 1.165) is 37.9 Å². The van der Waals surface area contributed by atoms with Crippen molar-refractivity contribution in [2.24, 2.45) is 10.9 Å². The SMILES string of the molecule is CN=C(NCCCCOCCOC)NC(C)CCCC(C)C. The van der Waals surface area contributed by atoms with Gasteiger partial charge < -0.3 is 20.1 Å². The van der Waals surface area contributed by atoms with Gasteiger partial charge in [0.2, 0.25) is 0 Å². The first-order valence-corrected chi connectivity index (χ1v) is 8.64. The van der Waals surface area contributed by atoms with E-state index in [1.165, 1.54) is 19.3 Å². The van der Waals surface area contributed by atoms with Gasteiger partial charge in [0.25, 0.3) is 0 Å². The van der Waals surface area contributed by atoms with E-state index in [4.69, 9.17) is 9.47 Å². The zero-order valence-corrected chi connectivity index (χ0v) is 15.3. The highest BCUT2D eigenvalue weighted by molar-refractivity contribution is 5.79. The lowest BCUT2D eigenvalue weighted by atomic mass is 10.0. The first kappa shape index (κ1) is 21.2. The van der Waals surface area contributed by atoms with Crippen LogP contribution >= 0.6 is 0 Å². The van der Waals surface area contributed by atoms with E-state index in [1.54, 1.807) is 7.11 Å². The molecular formula is C17H37N3O2. The fourth-order valence-electron chi connectivity index (χ4n) is 2.11. The van der Waals surface area contributed by atoms with Crippen LogP contribution in [0.2, 0.25) is 0 Å². The second-order valence-electron chi connectivity index (χ2n) is 6.18. The maximum absolute atomic E-state index is 5.44. The molecule has 5 nitrogen and oxygen atoms in total. The lowest BCUT2D eigenvalue weighted by molar-refractivity contribution is 0.0689. The second kappa shape index (κ2) is 15.1. The van der Waals surface area contributed by atoms with E-state index in [2.05, 4.69) is 36.4 Å². The highest BCUT2D eigenvalue weighted by Crippen LogP contribution is 2.08. The number of methoxy groups -OCH3 is 1. The zero-order valence-electron chi connectivity index (χ0n) is 15.3. The van der Waals surface area contributed by atoms with Crippen LogP contribution < -0.4 is 10.6 Å². The van der Waals surface area contributed by atoms with Crippen molar-refractivity contribution in [3.63, 3.8) is 0 Å². The normalized spacial score (nSPS) is 13.5. The molecule has 0 rings (SSSR count). The lowest BCUT2D eigenvalue weighted by Crippen LogP contribution is -2.42. The predicted octanol–water partition coefficient (Wildman–Crippen LogP) is 2.81. The third-order valence-electron chi connectivity index (χ3n) is 3.47. The van der Waals surface area contributed by atoms with Gasteiger partial charge in [-0.25, -0.2) is 0 Å². The number of unbranched alkanes of at least 4 members (excludes halogenated alkanes) is 1. The number of nitrogens with one attached hydrogen (secondary N) is 2. The quantitative estimate of drug-likeness (QED) is 0.312. The van der Waals surface area contributed by atoms with Gasteiger partial charge in [-0.1, -0.05) is 26.7 Å². The van der Waals surface area contributed by atoms with E-state index in [1.807, 2.05) is 7.05 Å². The number of nitrogens with zero attached hydrogens (tertiary/aromatic N) is 1. The first-order valence-electron chi connectivity index (χ1n) is 8.64. The van der Waals surface area contributed by atoms with Crippen molar-refractivity contribution >= 4 is 5.96 Å². The molecule has 0 spiro atoms. The minimum absolute atomic E-state index is 0.460. The molecule has 1 atom stereocenters. The summed E-state index contributed by atoms with van der Waals surface area (Å²) in [4.78, 5) is 4.28. The molecule has 0 fully saturated rings. The van der Waals surface area contributed by atoms with Crippen molar-refractivity contribution in [3.8, 4) is 0 Å². The minimum atomic E-state index is 0.460. The number of rotatable bonds is 13. The number of aliphatic imine (C=N–C) groups is 1. The number of hydrogen-bond donors (Lipinski definition) is 2. The van der Waals surface area contributed by atoms with E-state index in [-0.39, 0.29) is 0 Å². The summed E-state index contributed by atoms with van der Waals surface area (Å²) in [6, 6.07) is 0.460. The third-order valence-corrected chi connectivity index (χ3v) is 3.47. The molecule has 132 valence electrons. The van der Waals surface area contributed by atoms with Crippen LogP contribution in [-0.2, 0) is 9.47 Å². The number of guanidine groups is 1. The van der Waals surface area contributed by atoms with Crippen molar-refractivity contribution in [1.29, 1.82) is 0 Å². The van der Waals surface area contributed by atoms with Crippen molar-refractivity contribution in [3.05, 3.63) is 0 Å². The first-order chi connectivity index (χ1) is 10.6. The highest BCUT2D eigenvalue weighted by atomic mass is 16.5. The van der Waals surface area contributed by atoms with Gasteiger partial charge in [-0.15, -0.1) is 0 Å². The van der Waals surface area contributed by atoms with Crippen LogP contribution in [0.4, 0.5) is 0 Å². The molecule has 1 unspecified atom stereocenters. The van der Waals surface area contributed by atoms with Crippen LogP contribution in [0.25, 0.3) is 0 Å². The summed E-state index contributed by atoms with van der Waals surface area (Å²) in [7, 11) is 3.51. The number of hydrogen-bond acceptors (Lipinski definition) is 3. The Morgan fingerprint density at radius 3 is 2.41 bits per heavy atom. The number of ether oxygens (including phenoxy) is 2. The van der Waals surface area contributed by atoms with Crippen molar-refractivity contribution in [2.75, 3.05) is 40.5 Å². The molecule has 2 N–H and O–H groups in total. The van der Waals surface area contributed by atoms with Crippen LogP contribution in [0.15, 0.2) is 4.99 Å². The van der Waals surface area contributed by atoms with Crippen LogP contribution in [0.3, 0.4) is 0 Å². The Bertz CT molecular complexity index is 271. The van der Waals surface area contributed by atoms with Gasteiger partial charge >= 0.3 is 0 Å². The molecule has 0 radical (unpaired) electrons. The Labute approximate surface area is 137 Å². The van der Waals surface area contributed by atoms with Gasteiger partial charge in [0.05, 0.1) is 13.2 Å². The van der Waals surface area contributed by atoms with E-state index in [9.17, 15) is 0 Å². The Morgan fingerprint density at radius 2 is 1.77 bits per heavy atom. The summed E-state index contributed by atoms with van der Waals surface area (Å²) in [5.74, 6) is 1.69. The Balaban J connectivity index is 3.58. The monoisotopic (exact) mass is 315 g/mol. The average molecular weight is 316 g/mol. The summed E-state index contributed by atoms with van der Waals surface area (Å²) >= 11 is 0. The molecule has 5 heteroatoms. The topological polar surface area (TPSA) is 54.9 Å². The standard InChI is InChI=1S/C17H37N3O2/c1-15(2)9-8-10-16(3)20-17(18-4)19-11-6-7-12-22-14-13-21-5/h15-16H,6-14H2,1-5H3,(H2,18,19,20). The average Bonchev–Trinajstić information content (AvgIpc) is 2.48. The Morgan fingerprint density at radius 1 is 1.00 bits per heavy atom. The smallest absolute Gasteiger partial charge is 0.191 e. The Hall–Kier alpha value is -0.810. The van der Waals surface area contributed by atoms with E-state index < -0.39 is 0 Å². The minimum Gasteiger partial charge on any atom is -0.382 e. The molecule has 0 heterocycles. The molecule has 0 amide bonds. The molecule has 0 saturated carbocycles. The highest BCUT2D eigenvalue weighted by Gasteiger charge is 2.05. The molecule has 0 saturated heterocycles. The summed E-state index contributed by atoms with van der Waals surface area (Å²) in [5, 5.41) is 6.81. The molecule has 0 bridgehead atoms. The maximum atomic E-state index is 5.44. The van der Waals surface area contributed by atoms with E-state index in [0.29, 0.717) is 19.3 Å².